The zero-order chi connectivity index (χ0) is 16.3. The third kappa shape index (κ3) is 4.03. The van der Waals surface area contributed by atoms with Crippen molar-refractivity contribution < 1.29 is 27.4 Å². The van der Waals surface area contributed by atoms with Crippen molar-refractivity contribution in [2.75, 3.05) is 18.5 Å². The zero-order valence-corrected chi connectivity index (χ0v) is 12.2. The van der Waals surface area contributed by atoms with Crippen LogP contribution in [-0.2, 0) is 4.74 Å². The van der Waals surface area contributed by atoms with Crippen molar-refractivity contribution in [2.45, 2.75) is 32.4 Å². The molecule has 5 nitrogen and oxygen atoms in total. The maximum atomic E-state index is 12.4. The number of morpholine rings is 1. The van der Waals surface area contributed by atoms with Crippen LogP contribution in [0.15, 0.2) is 24.3 Å². The van der Waals surface area contributed by atoms with Crippen LogP contribution in [-0.4, -0.2) is 42.6 Å². The van der Waals surface area contributed by atoms with Gasteiger partial charge in [0.2, 0.25) is 0 Å². The van der Waals surface area contributed by atoms with E-state index in [2.05, 4.69) is 10.1 Å². The molecule has 0 aromatic heterocycles. The van der Waals surface area contributed by atoms with Crippen LogP contribution < -0.4 is 10.1 Å². The number of halogens is 3. The number of nitrogens with one attached hydrogen (secondary N) is 1. The van der Waals surface area contributed by atoms with E-state index in [1.807, 2.05) is 13.8 Å². The highest BCUT2D eigenvalue weighted by Gasteiger charge is 2.33. The molecule has 1 aliphatic heterocycles. The van der Waals surface area contributed by atoms with Crippen molar-refractivity contribution in [2.24, 2.45) is 0 Å². The zero-order valence-electron chi connectivity index (χ0n) is 12.2. The lowest BCUT2D eigenvalue weighted by Crippen LogP contribution is -2.52. The number of carbonyl (C=O) groups excluding carboxylic acids is 1. The molecule has 22 heavy (non-hydrogen) atoms. The van der Waals surface area contributed by atoms with Crippen LogP contribution in [0.4, 0.5) is 23.7 Å². The summed E-state index contributed by atoms with van der Waals surface area (Å²) in [5.41, 5.74) is -0.0313. The SMILES string of the molecule is C[C@@H]1[C@@H](C)OCCN1C(=O)Nc1ccccc1OC(F)(F)F. The molecule has 122 valence electrons. The van der Waals surface area contributed by atoms with Crippen molar-refractivity contribution in [3.63, 3.8) is 0 Å². The van der Waals surface area contributed by atoms with Crippen molar-refractivity contribution in [3.05, 3.63) is 24.3 Å². The van der Waals surface area contributed by atoms with Crippen molar-refractivity contribution >= 4 is 11.7 Å². The number of benzene rings is 1. The molecule has 0 radical (unpaired) electrons. The van der Waals surface area contributed by atoms with Crippen LogP contribution >= 0.6 is 0 Å². The maximum Gasteiger partial charge on any atom is 0.573 e. The maximum absolute atomic E-state index is 12.4. The minimum atomic E-state index is -4.82. The molecule has 2 atom stereocenters. The van der Waals surface area contributed by atoms with E-state index in [4.69, 9.17) is 4.74 Å². The van der Waals surface area contributed by atoms with Crippen LogP contribution in [0.25, 0.3) is 0 Å². The average molecular weight is 318 g/mol. The summed E-state index contributed by atoms with van der Waals surface area (Å²) >= 11 is 0. The van der Waals surface area contributed by atoms with Gasteiger partial charge in [-0.1, -0.05) is 12.1 Å². The monoisotopic (exact) mass is 318 g/mol. The quantitative estimate of drug-likeness (QED) is 0.911. The molecule has 0 spiro atoms. The number of amides is 2. The second-order valence-corrected chi connectivity index (χ2v) is 4.98. The lowest BCUT2D eigenvalue weighted by molar-refractivity contribution is -0.274. The standard InChI is InChI=1S/C14H17F3N2O3/c1-9-10(2)21-8-7-19(9)13(20)18-11-5-3-4-6-12(11)22-14(15,16)17/h3-6,9-10H,7-8H2,1-2H3,(H,18,20)/t9-,10-/m1/s1. The molecule has 1 aromatic rings. The van der Waals surface area contributed by atoms with Crippen LogP contribution in [0.3, 0.4) is 0 Å². The normalized spacial score (nSPS) is 22.3. The summed E-state index contributed by atoms with van der Waals surface area (Å²) in [7, 11) is 0. The molecule has 1 fully saturated rings. The topological polar surface area (TPSA) is 50.8 Å². The molecule has 1 saturated heterocycles. The number of anilines is 1. The number of hydrogen-bond donors (Lipinski definition) is 1. The summed E-state index contributed by atoms with van der Waals surface area (Å²) in [6, 6.07) is 4.76. The molecular formula is C14H17F3N2O3. The average Bonchev–Trinajstić information content (AvgIpc) is 2.42. The van der Waals surface area contributed by atoms with Crippen LogP contribution in [0.1, 0.15) is 13.8 Å². The Morgan fingerprint density at radius 1 is 1.36 bits per heavy atom. The molecule has 1 aromatic carbocycles. The first-order valence-corrected chi connectivity index (χ1v) is 6.82. The molecule has 8 heteroatoms. The fourth-order valence-corrected chi connectivity index (χ4v) is 2.19. The van der Waals surface area contributed by atoms with Gasteiger partial charge in [-0.2, -0.15) is 0 Å². The molecule has 0 saturated carbocycles. The smallest absolute Gasteiger partial charge is 0.404 e. The van der Waals surface area contributed by atoms with Gasteiger partial charge in [-0.15, -0.1) is 13.2 Å². The predicted octanol–water partition coefficient (Wildman–Crippen LogP) is 3.23. The van der Waals surface area contributed by atoms with Gasteiger partial charge in [0.1, 0.15) is 0 Å². The third-order valence-corrected chi connectivity index (χ3v) is 3.50. The Bertz CT molecular complexity index is 536. The van der Waals surface area contributed by atoms with Crippen molar-refractivity contribution in [3.8, 4) is 5.75 Å². The molecule has 2 rings (SSSR count). The summed E-state index contributed by atoms with van der Waals surface area (Å²) in [6.45, 7) is 4.42. The van der Waals surface area contributed by atoms with Crippen molar-refractivity contribution in [1.29, 1.82) is 0 Å². The number of nitrogens with zero attached hydrogens (tertiary/aromatic N) is 1. The predicted molar refractivity (Wildman–Crippen MR) is 73.7 cm³/mol. The largest absolute Gasteiger partial charge is 0.573 e. The second kappa shape index (κ2) is 6.43. The van der Waals surface area contributed by atoms with Gasteiger partial charge in [-0.3, -0.25) is 0 Å². The third-order valence-electron chi connectivity index (χ3n) is 3.50. The van der Waals surface area contributed by atoms with Gasteiger partial charge in [0.05, 0.1) is 24.4 Å². The molecular weight excluding hydrogens is 301 g/mol. The van der Waals surface area contributed by atoms with E-state index >= 15 is 0 Å². The van der Waals surface area contributed by atoms with Gasteiger partial charge >= 0.3 is 12.4 Å². The van der Waals surface area contributed by atoms with Crippen LogP contribution in [0, 0.1) is 0 Å². The Balaban J connectivity index is 2.11. The number of hydrogen-bond acceptors (Lipinski definition) is 3. The Morgan fingerprint density at radius 2 is 2.05 bits per heavy atom. The number of urea groups is 1. The lowest BCUT2D eigenvalue weighted by atomic mass is 10.1. The van der Waals surface area contributed by atoms with Gasteiger partial charge in [-0.05, 0) is 26.0 Å². The minimum absolute atomic E-state index is 0.0313. The molecule has 1 aliphatic rings. The van der Waals surface area contributed by atoms with E-state index in [-0.39, 0.29) is 17.8 Å². The van der Waals surface area contributed by atoms with E-state index in [9.17, 15) is 18.0 Å². The van der Waals surface area contributed by atoms with E-state index in [1.54, 1.807) is 0 Å². The molecule has 1 heterocycles. The van der Waals surface area contributed by atoms with E-state index in [0.29, 0.717) is 13.2 Å². The Hall–Kier alpha value is -1.96. The Kier molecular flexibility index (Phi) is 4.80. The highest BCUT2D eigenvalue weighted by molar-refractivity contribution is 5.91. The number of ether oxygens (including phenoxy) is 2. The summed E-state index contributed by atoms with van der Waals surface area (Å²) in [4.78, 5) is 13.8. The number of para-hydroxylation sites is 2. The van der Waals surface area contributed by atoms with Crippen molar-refractivity contribution in [1.82, 2.24) is 4.90 Å². The van der Waals surface area contributed by atoms with Gasteiger partial charge in [0, 0.05) is 6.54 Å². The first-order chi connectivity index (χ1) is 10.3. The number of carbonyl (C=O) groups is 1. The highest BCUT2D eigenvalue weighted by Crippen LogP contribution is 2.30. The second-order valence-electron chi connectivity index (χ2n) is 4.98. The summed E-state index contributed by atoms with van der Waals surface area (Å²) in [5.74, 6) is -0.447. The Labute approximate surface area is 126 Å². The first kappa shape index (κ1) is 16.4. The van der Waals surface area contributed by atoms with Gasteiger partial charge in [0.15, 0.2) is 5.75 Å². The minimum Gasteiger partial charge on any atom is -0.404 e. The number of rotatable bonds is 2. The molecule has 2 amide bonds. The van der Waals surface area contributed by atoms with Gasteiger partial charge in [0.25, 0.3) is 0 Å². The summed E-state index contributed by atoms with van der Waals surface area (Å²) in [6.07, 6.45) is -4.96. The van der Waals surface area contributed by atoms with Gasteiger partial charge < -0.3 is 19.7 Å². The molecule has 0 unspecified atom stereocenters. The fourth-order valence-electron chi connectivity index (χ4n) is 2.19. The molecule has 1 N–H and O–H groups in total. The van der Waals surface area contributed by atoms with Gasteiger partial charge in [-0.25, -0.2) is 4.79 Å². The first-order valence-electron chi connectivity index (χ1n) is 6.82. The van der Waals surface area contributed by atoms with E-state index < -0.39 is 18.1 Å². The highest BCUT2D eigenvalue weighted by atomic mass is 19.4. The lowest BCUT2D eigenvalue weighted by Gasteiger charge is -2.37. The fraction of sp³-hybridized carbons (Fsp3) is 0.500. The number of alkyl halides is 3. The summed E-state index contributed by atoms with van der Waals surface area (Å²) < 4.78 is 46.4. The van der Waals surface area contributed by atoms with E-state index in [1.165, 1.54) is 23.1 Å². The van der Waals surface area contributed by atoms with Crippen LogP contribution in [0.2, 0.25) is 0 Å². The molecule has 0 aliphatic carbocycles. The van der Waals surface area contributed by atoms with Crippen LogP contribution in [0.5, 0.6) is 5.75 Å². The van der Waals surface area contributed by atoms with E-state index in [0.717, 1.165) is 6.07 Å². The summed E-state index contributed by atoms with van der Waals surface area (Å²) in [5, 5.41) is 2.46. The Morgan fingerprint density at radius 3 is 2.73 bits per heavy atom. The molecule has 0 bridgehead atoms.